The second kappa shape index (κ2) is 7.65. The molecule has 9 heteroatoms. The van der Waals surface area contributed by atoms with Crippen molar-refractivity contribution in [2.75, 3.05) is 17.7 Å². The molecule has 0 aliphatic heterocycles. The summed E-state index contributed by atoms with van der Waals surface area (Å²) < 4.78 is 1.89. The molecule has 1 amide bonds. The van der Waals surface area contributed by atoms with Crippen molar-refractivity contribution in [3.05, 3.63) is 62.4 Å². The Hall–Kier alpha value is -2.09. The lowest BCUT2D eigenvalue weighted by molar-refractivity contribution is 0.101. The number of rotatable bonds is 4. The standard InChI is InChI=1S/C17H14BrCl2N5O/c1-9-6-10(19)7-12(21-2)15(9)23-17(26)13-8-14(18)24-25(13)16-11(20)4-3-5-22-16/h3-8,21H,1-2H3,(H,23,26). The number of benzene rings is 1. The van der Waals surface area contributed by atoms with Crippen LogP contribution in [0.3, 0.4) is 0 Å². The number of pyridine rings is 1. The van der Waals surface area contributed by atoms with Gasteiger partial charge in [0, 0.05) is 24.3 Å². The van der Waals surface area contributed by atoms with Gasteiger partial charge in [-0.1, -0.05) is 23.2 Å². The average Bonchev–Trinajstić information content (AvgIpc) is 2.99. The molecule has 0 aliphatic rings. The summed E-state index contributed by atoms with van der Waals surface area (Å²) in [4.78, 5) is 17.1. The van der Waals surface area contributed by atoms with E-state index in [9.17, 15) is 4.79 Å². The number of nitrogens with zero attached hydrogens (tertiary/aromatic N) is 3. The fraction of sp³-hybridized carbons (Fsp3) is 0.118. The molecule has 0 radical (unpaired) electrons. The predicted octanol–water partition coefficient (Wildman–Crippen LogP) is 4.94. The third-order valence-electron chi connectivity index (χ3n) is 3.66. The summed E-state index contributed by atoms with van der Waals surface area (Å²) in [6.07, 6.45) is 1.58. The molecule has 0 bridgehead atoms. The maximum Gasteiger partial charge on any atom is 0.274 e. The van der Waals surface area contributed by atoms with E-state index in [2.05, 4.69) is 36.6 Å². The minimum absolute atomic E-state index is 0.286. The van der Waals surface area contributed by atoms with E-state index in [1.807, 2.05) is 6.92 Å². The molecule has 0 saturated heterocycles. The molecule has 2 heterocycles. The van der Waals surface area contributed by atoms with Gasteiger partial charge in [-0.2, -0.15) is 5.10 Å². The molecule has 0 atom stereocenters. The maximum absolute atomic E-state index is 12.9. The van der Waals surface area contributed by atoms with E-state index in [0.29, 0.717) is 31.8 Å². The maximum atomic E-state index is 12.9. The Balaban J connectivity index is 2.02. The molecule has 2 N–H and O–H groups in total. The first-order valence-electron chi connectivity index (χ1n) is 7.56. The number of carbonyl (C=O) groups is 1. The SMILES string of the molecule is CNc1cc(Cl)cc(C)c1NC(=O)c1cc(Br)nn1-c1ncccc1Cl. The third kappa shape index (κ3) is 3.70. The Bertz CT molecular complexity index is 989. The monoisotopic (exact) mass is 453 g/mol. The molecule has 0 spiro atoms. The lowest BCUT2D eigenvalue weighted by Crippen LogP contribution is -2.19. The molecule has 3 rings (SSSR count). The minimum atomic E-state index is -0.355. The molecule has 0 unspecified atom stereocenters. The van der Waals surface area contributed by atoms with Gasteiger partial charge in [-0.15, -0.1) is 0 Å². The lowest BCUT2D eigenvalue weighted by Gasteiger charge is -2.15. The van der Waals surface area contributed by atoms with Gasteiger partial charge in [0.2, 0.25) is 0 Å². The van der Waals surface area contributed by atoms with Crippen molar-refractivity contribution in [1.82, 2.24) is 14.8 Å². The van der Waals surface area contributed by atoms with Gasteiger partial charge in [-0.3, -0.25) is 4.79 Å². The summed E-state index contributed by atoms with van der Waals surface area (Å²) in [5.41, 5.74) is 2.47. The smallest absolute Gasteiger partial charge is 0.274 e. The summed E-state index contributed by atoms with van der Waals surface area (Å²) in [7, 11) is 1.76. The van der Waals surface area contributed by atoms with Crippen molar-refractivity contribution < 1.29 is 4.79 Å². The molecule has 0 aliphatic carbocycles. The Labute approximate surface area is 168 Å². The number of anilines is 2. The minimum Gasteiger partial charge on any atom is -0.386 e. The Morgan fingerprint density at radius 1 is 1.27 bits per heavy atom. The first-order valence-corrected chi connectivity index (χ1v) is 9.11. The van der Waals surface area contributed by atoms with Gasteiger partial charge in [0.05, 0.1) is 16.4 Å². The van der Waals surface area contributed by atoms with E-state index in [-0.39, 0.29) is 11.6 Å². The van der Waals surface area contributed by atoms with Gasteiger partial charge in [-0.05, 0) is 52.7 Å². The van der Waals surface area contributed by atoms with Crippen molar-refractivity contribution in [3.8, 4) is 5.82 Å². The highest BCUT2D eigenvalue weighted by molar-refractivity contribution is 9.10. The first kappa shape index (κ1) is 18.7. The highest BCUT2D eigenvalue weighted by atomic mass is 79.9. The van der Waals surface area contributed by atoms with Crippen LogP contribution in [0, 0.1) is 6.92 Å². The van der Waals surface area contributed by atoms with Crippen LogP contribution in [-0.4, -0.2) is 27.7 Å². The van der Waals surface area contributed by atoms with Crippen molar-refractivity contribution in [3.63, 3.8) is 0 Å². The second-order valence-corrected chi connectivity index (χ2v) is 7.08. The molecule has 26 heavy (non-hydrogen) atoms. The Kier molecular flexibility index (Phi) is 5.50. The lowest BCUT2D eigenvalue weighted by atomic mass is 10.1. The molecule has 3 aromatic rings. The van der Waals surface area contributed by atoms with Crippen molar-refractivity contribution >= 4 is 56.4 Å². The number of carbonyl (C=O) groups excluding carboxylic acids is 1. The molecule has 6 nitrogen and oxygen atoms in total. The van der Waals surface area contributed by atoms with Crippen LogP contribution in [0.1, 0.15) is 16.1 Å². The summed E-state index contributed by atoms with van der Waals surface area (Å²) in [6.45, 7) is 1.87. The fourth-order valence-corrected chi connectivity index (χ4v) is 3.34. The third-order valence-corrected chi connectivity index (χ3v) is 4.56. The van der Waals surface area contributed by atoms with Gasteiger partial charge in [0.1, 0.15) is 10.3 Å². The van der Waals surface area contributed by atoms with E-state index >= 15 is 0 Å². The average molecular weight is 455 g/mol. The van der Waals surface area contributed by atoms with Gasteiger partial charge >= 0.3 is 0 Å². The molecule has 1 aromatic carbocycles. The second-order valence-electron chi connectivity index (χ2n) is 5.42. The number of halogens is 3. The topological polar surface area (TPSA) is 71.8 Å². The molecule has 2 aromatic heterocycles. The van der Waals surface area contributed by atoms with Crippen LogP contribution >= 0.6 is 39.1 Å². The highest BCUT2D eigenvalue weighted by Gasteiger charge is 2.20. The van der Waals surface area contributed by atoms with Crippen LogP contribution in [0.5, 0.6) is 0 Å². The van der Waals surface area contributed by atoms with Gasteiger partial charge in [-0.25, -0.2) is 9.67 Å². The Morgan fingerprint density at radius 3 is 2.73 bits per heavy atom. The van der Waals surface area contributed by atoms with Crippen LogP contribution in [0.15, 0.2) is 41.1 Å². The first-order chi connectivity index (χ1) is 12.4. The molecular weight excluding hydrogens is 441 g/mol. The predicted molar refractivity (Wildman–Crippen MR) is 108 cm³/mol. The number of hydrogen-bond donors (Lipinski definition) is 2. The van der Waals surface area contributed by atoms with Crippen LogP contribution in [0.4, 0.5) is 11.4 Å². The molecule has 0 saturated carbocycles. The zero-order chi connectivity index (χ0) is 18.8. The van der Waals surface area contributed by atoms with Gasteiger partial charge in [0.25, 0.3) is 5.91 Å². The van der Waals surface area contributed by atoms with Crippen LogP contribution in [0.25, 0.3) is 5.82 Å². The van der Waals surface area contributed by atoms with E-state index < -0.39 is 0 Å². The van der Waals surface area contributed by atoms with E-state index in [0.717, 1.165) is 5.56 Å². The van der Waals surface area contributed by atoms with Crippen LogP contribution in [-0.2, 0) is 0 Å². The summed E-state index contributed by atoms with van der Waals surface area (Å²) in [5, 5.41) is 11.2. The number of hydrogen-bond acceptors (Lipinski definition) is 4. The summed E-state index contributed by atoms with van der Waals surface area (Å²) in [6, 6.07) is 8.52. The number of amides is 1. The fourth-order valence-electron chi connectivity index (χ4n) is 2.49. The van der Waals surface area contributed by atoms with E-state index in [4.69, 9.17) is 23.2 Å². The van der Waals surface area contributed by atoms with Crippen molar-refractivity contribution in [1.29, 1.82) is 0 Å². The number of nitrogens with one attached hydrogen (secondary N) is 2. The summed E-state index contributed by atoms with van der Waals surface area (Å²) >= 11 is 15.6. The van der Waals surface area contributed by atoms with Crippen LogP contribution in [0.2, 0.25) is 10.0 Å². The van der Waals surface area contributed by atoms with Crippen molar-refractivity contribution in [2.45, 2.75) is 6.92 Å². The van der Waals surface area contributed by atoms with Gasteiger partial charge < -0.3 is 10.6 Å². The summed E-state index contributed by atoms with van der Waals surface area (Å²) in [5.74, 6) is 0.0125. The number of aryl methyl sites for hydroxylation is 1. The molecule has 0 fully saturated rings. The van der Waals surface area contributed by atoms with Crippen molar-refractivity contribution in [2.24, 2.45) is 0 Å². The van der Waals surface area contributed by atoms with E-state index in [1.165, 1.54) is 4.68 Å². The molecular formula is C17H14BrCl2N5O. The normalized spacial score (nSPS) is 10.7. The zero-order valence-corrected chi connectivity index (χ0v) is 16.9. The highest BCUT2D eigenvalue weighted by Crippen LogP contribution is 2.30. The Morgan fingerprint density at radius 2 is 2.04 bits per heavy atom. The molecule has 134 valence electrons. The number of aromatic nitrogens is 3. The van der Waals surface area contributed by atoms with Gasteiger partial charge in [0.15, 0.2) is 5.82 Å². The van der Waals surface area contributed by atoms with Crippen LogP contribution < -0.4 is 10.6 Å². The largest absolute Gasteiger partial charge is 0.386 e. The quantitative estimate of drug-likeness (QED) is 0.585. The van der Waals surface area contributed by atoms with E-state index in [1.54, 1.807) is 43.6 Å². The zero-order valence-electron chi connectivity index (χ0n) is 13.8.